The topological polar surface area (TPSA) is 177 Å². The second-order valence-electron chi connectivity index (χ2n) is 6.85. The van der Waals surface area contributed by atoms with Gasteiger partial charge in [-0.2, -0.15) is 0 Å². The summed E-state index contributed by atoms with van der Waals surface area (Å²) in [6, 6.07) is 7.49. The fraction of sp³-hybridized carbons (Fsp3) is 0.286. The fourth-order valence-electron chi connectivity index (χ4n) is 2.94. The summed E-state index contributed by atoms with van der Waals surface area (Å²) in [5.41, 5.74) is 1.15. The Bertz CT molecular complexity index is 1040. The van der Waals surface area contributed by atoms with E-state index in [4.69, 9.17) is 5.11 Å². The molecule has 0 atom stereocenters. The van der Waals surface area contributed by atoms with Crippen molar-refractivity contribution in [2.75, 3.05) is 26.6 Å². The van der Waals surface area contributed by atoms with Crippen LogP contribution in [0.25, 0.3) is 11.4 Å². The summed E-state index contributed by atoms with van der Waals surface area (Å²) < 4.78 is 9.29. The van der Waals surface area contributed by atoms with Crippen LogP contribution in [-0.4, -0.2) is 87.7 Å². The van der Waals surface area contributed by atoms with Gasteiger partial charge >= 0.3 is 11.9 Å². The molecular formula is C21H21N4O9U-. The largest absolute Gasteiger partial charge is 0.541 e. The van der Waals surface area contributed by atoms with E-state index in [0.29, 0.717) is 11.4 Å². The van der Waals surface area contributed by atoms with Gasteiger partial charge in [0.25, 0.3) is 12.9 Å². The van der Waals surface area contributed by atoms with E-state index in [-0.39, 0.29) is 94.1 Å². The first kappa shape index (κ1) is 29.9. The summed E-state index contributed by atoms with van der Waals surface area (Å²) >= 11 is 0. The fourth-order valence-corrected chi connectivity index (χ4v) is 2.94. The number of aromatic carboxylic acids is 1. The standard InChI is InChI=1S/C21H21N4O9.U/c26-5-4-24(11-33-13-27)9-17-6-15(21(31)32)7-19(23-17)18-3-1-2-16(22-18)8-25(10-20(29)30)12-34-14-28;/h1-3,6-7,13-14H,4,8-12H2,(H,29,30)(H,31,32);/q-1;. The Kier molecular flexibility index (Phi) is 13.4. The molecule has 0 aliphatic carbocycles. The number of ether oxygens (including phenoxy) is 2. The van der Waals surface area contributed by atoms with Crippen molar-refractivity contribution in [3.05, 3.63) is 47.3 Å². The predicted octanol–water partition coefficient (Wildman–Crippen LogP) is -0.0989. The molecule has 2 aromatic heterocycles. The number of aromatic nitrogens is 2. The molecule has 13 nitrogen and oxygen atoms in total. The van der Waals surface area contributed by atoms with E-state index in [1.165, 1.54) is 21.9 Å². The van der Waals surface area contributed by atoms with Crippen LogP contribution in [-0.2, 0) is 41.7 Å². The van der Waals surface area contributed by atoms with Gasteiger partial charge in [0.15, 0.2) is 0 Å². The van der Waals surface area contributed by atoms with E-state index in [9.17, 15) is 29.1 Å². The maximum atomic E-state index is 11.6. The zero-order valence-electron chi connectivity index (χ0n) is 18.3. The van der Waals surface area contributed by atoms with Gasteiger partial charge in [0.1, 0.15) is 13.5 Å². The normalized spacial score (nSPS) is 10.3. The molecule has 2 heterocycles. The second kappa shape index (κ2) is 15.7. The zero-order valence-corrected chi connectivity index (χ0v) is 22.5. The third-order valence-electron chi connectivity index (χ3n) is 4.26. The summed E-state index contributed by atoms with van der Waals surface area (Å²) in [5.74, 6) is -2.33. The van der Waals surface area contributed by atoms with Crippen LogP contribution in [0.1, 0.15) is 21.7 Å². The molecule has 0 bridgehead atoms. The van der Waals surface area contributed by atoms with E-state index in [1.54, 1.807) is 24.5 Å². The number of carbonyl (C=O) groups excluding carboxylic acids is 3. The minimum absolute atomic E-state index is 0. The minimum Gasteiger partial charge on any atom is -0.541 e. The van der Waals surface area contributed by atoms with Crippen molar-refractivity contribution in [3.63, 3.8) is 0 Å². The Morgan fingerprint density at radius 1 is 0.943 bits per heavy atom. The Labute approximate surface area is 223 Å². The first-order valence-corrected chi connectivity index (χ1v) is 9.68. The van der Waals surface area contributed by atoms with Crippen molar-refractivity contribution >= 4 is 31.2 Å². The second-order valence-corrected chi connectivity index (χ2v) is 6.85. The third kappa shape index (κ3) is 10.3. The third-order valence-corrected chi connectivity index (χ3v) is 4.26. The van der Waals surface area contributed by atoms with Crippen molar-refractivity contribution in [2.24, 2.45) is 0 Å². The molecule has 14 heteroatoms. The Balaban J connectivity index is 0.00000612. The number of carboxylic acids is 2. The quantitative estimate of drug-likeness (QED) is 0.134. The number of rotatable bonds is 16. The summed E-state index contributed by atoms with van der Waals surface area (Å²) in [7, 11) is 0. The monoisotopic (exact) mass is 711 g/mol. The number of carbonyl (C=O) groups is 4. The summed E-state index contributed by atoms with van der Waals surface area (Å²) in [4.78, 5) is 66.0. The molecule has 0 spiro atoms. The molecule has 35 heavy (non-hydrogen) atoms. The summed E-state index contributed by atoms with van der Waals surface area (Å²) in [6.45, 7) is -0.631. The Hall–Kier alpha value is -3.18. The van der Waals surface area contributed by atoms with Crippen LogP contribution in [0.2, 0.25) is 0 Å². The number of hydrogen-bond donors (Lipinski definition) is 2. The molecule has 2 aromatic rings. The summed E-state index contributed by atoms with van der Waals surface area (Å²) in [5, 5.41) is 18.5. The van der Waals surface area contributed by atoms with E-state index >= 15 is 0 Å². The van der Waals surface area contributed by atoms with Crippen LogP contribution >= 0.6 is 0 Å². The Morgan fingerprint density at radius 3 is 2.17 bits per heavy atom. The van der Waals surface area contributed by atoms with Crippen LogP contribution in [0, 0.1) is 31.1 Å². The minimum atomic E-state index is -1.21. The maximum absolute atomic E-state index is 11.6. The average molecular weight is 711 g/mol. The summed E-state index contributed by atoms with van der Waals surface area (Å²) in [6.07, 6.45) is 1.68. The van der Waals surface area contributed by atoms with Gasteiger partial charge in [0.05, 0.1) is 34.9 Å². The first-order chi connectivity index (χ1) is 16.4. The number of hydrogen-bond acceptors (Lipinski definition) is 11. The van der Waals surface area contributed by atoms with Gasteiger partial charge in [0, 0.05) is 44.2 Å². The number of nitrogens with zero attached hydrogens (tertiary/aromatic N) is 4. The predicted molar refractivity (Wildman–Crippen MR) is 113 cm³/mol. The van der Waals surface area contributed by atoms with Gasteiger partial charge < -0.3 is 24.5 Å². The van der Waals surface area contributed by atoms with Crippen LogP contribution in [0.4, 0.5) is 0 Å². The molecule has 0 aliphatic heterocycles. The van der Waals surface area contributed by atoms with Gasteiger partial charge in [-0.05, 0) is 24.3 Å². The SMILES string of the molecule is O=[C-]CN(COC=O)Cc1cc(C(=O)O)cc(-c2cccc(CN(COC=O)CC(=O)O)n2)n1.[U]. The van der Waals surface area contributed by atoms with Crippen molar-refractivity contribution in [1.82, 2.24) is 19.8 Å². The van der Waals surface area contributed by atoms with E-state index < -0.39 is 18.5 Å². The van der Waals surface area contributed by atoms with Gasteiger partial charge in [-0.25, -0.2) is 21.0 Å². The molecule has 0 aromatic carbocycles. The number of aliphatic carboxylic acids is 1. The number of pyridine rings is 2. The van der Waals surface area contributed by atoms with Gasteiger partial charge in [-0.15, -0.1) is 0 Å². The van der Waals surface area contributed by atoms with Crippen LogP contribution in [0.5, 0.6) is 0 Å². The van der Waals surface area contributed by atoms with Gasteiger partial charge in [-0.1, -0.05) is 12.6 Å². The van der Waals surface area contributed by atoms with E-state index in [1.807, 2.05) is 0 Å². The molecule has 2 rings (SSSR count). The maximum Gasteiger partial charge on any atom is 0.335 e. The van der Waals surface area contributed by atoms with Gasteiger partial charge in [0.2, 0.25) is 0 Å². The van der Waals surface area contributed by atoms with Crippen molar-refractivity contribution < 1.29 is 74.8 Å². The van der Waals surface area contributed by atoms with Crippen LogP contribution < -0.4 is 0 Å². The van der Waals surface area contributed by atoms with Crippen molar-refractivity contribution in [1.29, 1.82) is 0 Å². The first-order valence-electron chi connectivity index (χ1n) is 9.68. The van der Waals surface area contributed by atoms with Crippen molar-refractivity contribution in [2.45, 2.75) is 13.1 Å². The Morgan fingerprint density at radius 2 is 1.57 bits per heavy atom. The molecule has 0 unspecified atom stereocenters. The average Bonchev–Trinajstić information content (AvgIpc) is 2.80. The molecule has 0 aliphatic rings. The van der Waals surface area contributed by atoms with Crippen molar-refractivity contribution in [3.8, 4) is 11.4 Å². The molecule has 0 fully saturated rings. The smallest absolute Gasteiger partial charge is 0.335 e. The molecule has 0 amide bonds. The van der Waals surface area contributed by atoms with E-state index in [2.05, 4.69) is 19.4 Å². The molecule has 0 saturated carbocycles. The van der Waals surface area contributed by atoms with Crippen LogP contribution in [0.15, 0.2) is 30.3 Å². The zero-order chi connectivity index (χ0) is 24.9. The molecule has 2 N–H and O–H groups in total. The molecule has 0 radical (unpaired) electrons. The van der Waals surface area contributed by atoms with E-state index in [0.717, 1.165) is 0 Å². The molecule has 0 saturated heterocycles. The van der Waals surface area contributed by atoms with Crippen LogP contribution in [0.3, 0.4) is 0 Å². The molecular weight excluding hydrogens is 690 g/mol. The number of carboxylic acid groups (broad SMARTS) is 2. The van der Waals surface area contributed by atoms with Gasteiger partial charge in [-0.3, -0.25) is 24.2 Å². The molecule has 184 valence electrons.